The first-order valence-electron chi connectivity index (χ1n) is 11.1. The van der Waals surface area contributed by atoms with Crippen LogP contribution in [0.25, 0.3) is 0 Å². The van der Waals surface area contributed by atoms with Crippen molar-refractivity contribution in [3.8, 4) is 0 Å². The van der Waals surface area contributed by atoms with Crippen molar-refractivity contribution < 1.29 is 19.1 Å². The molecule has 156 valence electrons. The van der Waals surface area contributed by atoms with Gasteiger partial charge in [-0.2, -0.15) is 0 Å². The maximum Gasteiger partial charge on any atom is 0.338 e. The van der Waals surface area contributed by atoms with Crippen molar-refractivity contribution in [3.63, 3.8) is 0 Å². The molecule has 0 aliphatic heterocycles. The first kappa shape index (κ1) is 22.4. The van der Waals surface area contributed by atoms with Crippen LogP contribution in [0.4, 0.5) is 0 Å². The number of unbranched alkanes of at least 4 members (excludes halogenated alkanes) is 6. The molecule has 0 saturated carbocycles. The maximum absolute atomic E-state index is 12.3. The van der Waals surface area contributed by atoms with E-state index in [2.05, 4.69) is 13.8 Å². The monoisotopic (exact) mass is 388 g/mol. The molecule has 0 saturated heterocycles. The van der Waals surface area contributed by atoms with E-state index in [0.29, 0.717) is 25.2 Å². The molecule has 1 aliphatic rings. The van der Waals surface area contributed by atoms with Crippen molar-refractivity contribution in [2.45, 2.75) is 84.5 Å². The Balaban J connectivity index is 1.79. The van der Waals surface area contributed by atoms with Crippen molar-refractivity contribution in [1.82, 2.24) is 0 Å². The minimum absolute atomic E-state index is 0.0601. The van der Waals surface area contributed by atoms with Crippen molar-refractivity contribution in [3.05, 3.63) is 34.9 Å². The minimum atomic E-state index is -0.243. The van der Waals surface area contributed by atoms with Gasteiger partial charge in [0, 0.05) is 0 Å². The molecule has 0 N–H and O–H groups in total. The third-order valence-electron chi connectivity index (χ3n) is 5.48. The summed E-state index contributed by atoms with van der Waals surface area (Å²) in [4.78, 5) is 24.5. The highest BCUT2D eigenvalue weighted by Crippen LogP contribution is 2.27. The van der Waals surface area contributed by atoms with Crippen LogP contribution < -0.4 is 0 Å². The fourth-order valence-corrected chi connectivity index (χ4v) is 3.68. The largest absolute Gasteiger partial charge is 0.465 e. The lowest BCUT2D eigenvalue weighted by atomic mass is 9.83. The number of hydrogen-bond donors (Lipinski definition) is 0. The summed E-state index contributed by atoms with van der Waals surface area (Å²) in [5, 5.41) is 0. The van der Waals surface area contributed by atoms with Gasteiger partial charge in [-0.15, -0.1) is 0 Å². The Labute approximate surface area is 170 Å². The average molecular weight is 389 g/mol. The van der Waals surface area contributed by atoms with Gasteiger partial charge < -0.3 is 9.47 Å². The smallest absolute Gasteiger partial charge is 0.338 e. The van der Waals surface area contributed by atoms with Crippen LogP contribution in [0.15, 0.2) is 18.2 Å². The predicted molar refractivity (Wildman–Crippen MR) is 111 cm³/mol. The molecule has 0 fully saturated rings. The van der Waals surface area contributed by atoms with Gasteiger partial charge in [0.2, 0.25) is 0 Å². The van der Waals surface area contributed by atoms with Crippen molar-refractivity contribution in [2.75, 3.05) is 13.2 Å². The summed E-state index contributed by atoms with van der Waals surface area (Å²) in [6, 6.07) is 5.74. The molecule has 0 radical (unpaired) electrons. The second-order valence-corrected chi connectivity index (χ2v) is 7.85. The topological polar surface area (TPSA) is 52.6 Å². The Morgan fingerprint density at radius 1 is 0.893 bits per heavy atom. The van der Waals surface area contributed by atoms with Gasteiger partial charge in [-0.05, 0) is 55.4 Å². The molecule has 0 amide bonds. The van der Waals surface area contributed by atoms with Gasteiger partial charge in [-0.1, -0.05) is 58.4 Å². The number of fused-ring (bicyclic) bond motifs is 1. The summed E-state index contributed by atoms with van der Waals surface area (Å²) < 4.78 is 10.8. The van der Waals surface area contributed by atoms with E-state index in [1.165, 1.54) is 25.7 Å². The van der Waals surface area contributed by atoms with Crippen LogP contribution in [0.1, 0.15) is 93.1 Å². The molecule has 1 aromatic carbocycles. The van der Waals surface area contributed by atoms with Gasteiger partial charge in [0.25, 0.3) is 0 Å². The number of ether oxygens (including phenoxy) is 2. The molecule has 2 rings (SSSR count). The quantitative estimate of drug-likeness (QED) is 0.343. The molecule has 0 spiro atoms. The Kier molecular flexibility index (Phi) is 10.1. The summed E-state index contributed by atoms with van der Waals surface area (Å²) in [6.45, 7) is 5.36. The Morgan fingerprint density at radius 3 is 2.25 bits per heavy atom. The second-order valence-electron chi connectivity index (χ2n) is 7.85. The molecule has 1 unspecified atom stereocenters. The number of carbonyl (C=O) groups is 2. The summed E-state index contributed by atoms with van der Waals surface area (Å²) in [6.07, 6.45) is 11.1. The third kappa shape index (κ3) is 7.29. The van der Waals surface area contributed by atoms with Gasteiger partial charge in [0.15, 0.2) is 0 Å². The van der Waals surface area contributed by atoms with Gasteiger partial charge in [-0.3, -0.25) is 4.79 Å². The van der Waals surface area contributed by atoms with E-state index in [0.717, 1.165) is 49.7 Å². The summed E-state index contributed by atoms with van der Waals surface area (Å²) in [5.74, 6) is -0.374. The zero-order chi connectivity index (χ0) is 20.2. The Morgan fingerprint density at radius 2 is 1.57 bits per heavy atom. The lowest BCUT2D eigenvalue weighted by molar-refractivity contribution is -0.149. The highest BCUT2D eigenvalue weighted by molar-refractivity contribution is 5.89. The highest BCUT2D eigenvalue weighted by atomic mass is 16.5. The normalized spacial score (nSPS) is 15.7. The SMILES string of the molecule is CCCCCCOC(=O)c1ccc2c(c1)CCC(C(=O)OCCCCCC)C2. The molecule has 0 heterocycles. The molecule has 4 nitrogen and oxygen atoms in total. The van der Waals surface area contributed by atoms with Crippen molar-refractivity contribution >= 4 is 11.9 Å². The lowest BCUT2D eigenvalue weighted by Gasteiger charge is -2.23. The van der Waals surface area contributed by atoms with E-state index in [1.807, 2.05) is 18.2 Å². The van der Waals surface area contributed by atoms with Crippen LogP contribution in [-0.2, 0) is 27.1 Å². The van der Waals surface area contributed by atoms with E-state index in [4.69, 9.17) is 9.47 Å². The molecule has 0 bridgehead atoms. The Bertz CT molecular complexity index is 623. The van der Waals surface area contributed by atoms with Crippen LogP contribution in [0.3, 0.4) is 0 Å². The van der Waals surface area contributed by atoms with E-state index >= 15 is 0 Å². The number of aryl methyl sites for hydroxylation is 1. The number of esters is 2. The average Bonchev–Trinajstić information content (AvgIpc) is 2.72. The van der Waals surface area contributed by atoms with Crippen LogP contribution >= 0.6 is 0 Å². The molecular weight excluding hydrogens is 352 g/mol. The van der Waals surface area contributed by atoms with E-state index in [9.17, 15) is 9.59 Å². The van der Waals surface area contributed by atoms with Gasteiger partial charge >= 0.3 is 11.9 Å². The number of rotatable bonds is 12. The Hall–Kier alpha value is -1.84. The van der Waals surface area contributed by atoms with Crippen LogP contribution in [0, 0.1) is 5.92 Å². The van der Waals surface area contributed by atoms with Gasteiger partial charge in [-0.25, -0.2) is 4.79 Å². The first-order chi connectivity index (χ1) is 13.7. The molecular formula is C24H36O4. The number of benzene rings is 1. The molecule has 4 heteroatoms. The van der Waals surface area contributed by atoms with Gasteiger partial charge in [0.05, 0.1) is 24.7 Å². The fraction of sp³-hybridized carbons (Fsp3) is 0.667. The molecule has 28 heavy (non-hydrogen) atoms. The molecule has 0 aromatic heterocycles. The van der Waals surface area contributed by atoms with E-state index < -0.39 is 0 Å². The fourth-order valence-electron chi connectivity index (χ4n) is 3.68. The van der Waals surface area contributed by atoms with Crippen molar-refractivity contribution in [1.29, 1.82) is 0 Å². The van der Waals surface area contributed by atoms with Crippen LogP contribution in [-0.4, -0.2) is 25.2 Å². The van der Waals surface area contributed by atoms with Crippen LogP contribution in [0.2, 0.25) is 0 Å². The molecule has 1 aliphatic carbocycles. The standard InChI is InChI=1S/C24H36O4/c1-3-5-7-9-15-27-23(25)21-13-11-20-18-22(14-12-19(20)17-21)24(26)28-16-10-8-6-4-2/h11,13,17,22H,3-10,12,14-16,18H2,1-2H3. The summed E-state index contributed by atoms with van der Waals surface area (Å²) in [7, 11) is 0. The predicted octanol–water partition coefficient (Wildman–Crippen LogP) is 5.65. The summed E-state index contributed by atoms with van der Waals surface area (Å²) >= 11 is 0. The molecule has 1 aromatic rings. The maximum atomic E-state index is 12.3. The van der Waals surface area contributed by atoms with Crippen molar-refractivity contribution in [2.24, 2.45) is 5.92 Å². The van der Waals surface area contributed by atoms with E-state index in [1.54, 1.807) is 0 Å². The van der Waals surface area contributed by atoms with E-state index in [-0.39, 0.29) is 17.9 Å². The second kappa shape index (κ2) is 12.6. The third-order valence-corrected chi connectivity index (χ3v) is 5.48. The number of carbonyl (C=O) groups excluding carboxylic acids is 2. The van der Waals surface area contributed by atoms with Crippen LogP contribution in [0.5, 0.6) is 0 Å². The highest BCUT2D eigenvalue weighted by Gasteiger charge is 2.26. The zero-order valence-corrected chi connectivity index (χ0v) is 17.6. The minimum Gasteiger partial charge on any atom is -0.465 e. The van der Waals surface area contributed by atoms with Gasteiger partial charge in [0.1, 0.15) is 0 Å². The first-order valence-corrected chi connectivity index (χ1v) is 11.1. The molecule has 1 atom stereocenters. The number of hydrogen-bond acceptors (Lipinski definition) is 4. The zero-order valence-electron chi connectivity index (χ0n) is 17.6. The lowest BCUT2D eigenvalue weighted by Crippen LogP contribution is -2.25. The summed E-state index contributed by atoms with van der Waals surface area (Å²) in [5.41, 5.74) is 2.93.